The lowest BCUT2D eigenvalue weighted by atomic mass is 9.87. The predicted octanol–water partition coefficient (Wildman–Crippen LogP) is 6.89. The maximum Gasteiger partial charge on any atom is 0.224 e. The number of benzene rings is 3. The fraction of sp³-hybridized carbons (Fsp3) is 0.429. The number of amides is 1. The number of aromatic nitrogens is 2. The van der Waals surface area contributed by atoms with Gasteiger partial charge in [0.25, 0.3) is 0 Å². The molecule has 0 aliphatic carbocycles. The Kier molecular flexibility index (Phi) is 10.9. The second-order valence-corrected chi connectivity index (χ2v) is 11.7. The van der Waals surface area contributed by atoms with Gasteiger partial charge in [-0.1, -0.05) is 57.5 Å². The van der Waals surface area contributed by atoms with Crippen molar-refractivity contribution in [3.05, 3.63) is 83.7 Å². The molecule has 0 atom stereocenters. The van der Waals surface area contributed by atoms with Crippen molar-refractivity contribution in [3.8, 4) is 17.2 Å². The van der Waals surface area contributed by atoms with E-state index in [-0.39, 0.29) is 11.3 Å². The zero-order valence-electron chi connectivity index (χ0n) is 25.7. The molecule has 0 aliphatic rings. The number of carbonyl (C=O) groups is 1. The van der Waals surface area contributed by atoms with Gasteiger partial charge in [-0.05, 0) is 72.2 Å². The molecule has 7 nitrogen and oxygen atoms in total. The number of ether oxygens (including phenoxy) is 3. The third-order valence-electron chi connectivity index (χ3n) is 7.46. The van der Waals surface area contributed by atoms with E-state index in [2.05, 4.69) is 73.1 Å². The van der Waals surface area contributed by atoms with Crippen LogP contribution in [0.3, 0.4) is 0 Å². The Balaban J connectivity index is 1.21. The number of carbonyl (C=O) groups excluding carboxylic acids is 1. The average Bonchev–Trinajstić information content (AvgIpc) is 3.34. The van der Waals surface area contributed by atoms with Gasteiger partial charge in [0.05, 0.1) is 38.3 Å². The van der Waals surface area contributed by atoms with Crippen LogP contribution in [-0.2, 0) is 29.6 Å². The number of hydrogen-bond acceptors (Lipinski definition) is 5. The summed E-state index contributed by atoms with van der Waals surface area (Å²) in [5.41, 5.74) is 4.55. The molecular formula is C35H45N3O4. The molecule has 4 aromatic rings. The van der Waals surface area contributed by atoms with Crippen LogP contribution in [0.15, 0.2) is 66.7 Å². The summed E-state index contributed by atoms with van der Waals surface area (Å²) < 4.78 is 19.0. The van der Waals surface area contributed by atoms with Gasteiger partial charge >= 0.3 is 0 Å². The summed E-state index contributed by atoms with van der Waals surface area (Å²) in [6.45, 7) is 8.84. The standard InChI is InChI=1S/C35H45N3O4/c1-35(2,3)27-16-18-28(19-17-27)42-23-11-22-38-30-13-9-8-12-29(30)37-33(38)14-7-6-10-21-36-34(39)25-26-15-20-31(40-4)32(24-26)41-5/h8-9,12-13,15-20,24H,6-7,10-11,14,21-23,25H2,1-5H3,(H,36,39). The van der Waals surface area contributed by atoms with Gasteiger partial charge in [-0.2, -0.15) is 0 Å². The van der Waals surface area contributed by atoms with E-state index in [0.29, 0.717) is 31.1 Å². The number of nitrogens with one attached hydrogen (secondary N) is 1. The van der Waals surface area contributed by atoms with Crippen molar-refractivity contribution in [2.45, 2.75) is 71.3 Å². The first-order chi connectivity index (χ1) is 20.3. The third-order valence-corrected chi connectivity index (χ3v) is 7.46. The number of para-hydroxylation sites is 2. The summed E-state index contributed by atoms with van der Waals surface area (Å²) in [4.78, 5) is 17.4. The van der Waals surface area contributed by atoms with Crippen LogP contribution >= 0.6 is 0 Å². The minimum absolute atomic E-state index is 0.0105. The first kappa shape index (κ1) is 30.9. The molecule has 0 saturated carbocycles. The van der Waals surface area contributed by atoms with Crippen LogP contribution in [0.25, 0.3) is 11.0 Å². The molecule has 0 spiro atoms. The summed E-state index contributed by atoms with van der Waals surface area (Å²) in [6.07, 6.45) is 5.10. The van der Waals surface area contributed by atoms with Gasteiger partial charge in [0.2, 0.25) is 5.91 Å². The molecule has 224 valence electrons. The molecule has 3 aromatic carbocycles. The molecule has 0 fully saturated rings. The van der Waals surface area contributed by atoms with Crippen LogP contribution < -0.4 is 19.5 Å². The van der Waals surface area contributed by atoms with Crippen molar-refractivity contribution in [3.63, 3.8) is 0 Å². The molecule has 0 radical (unpaired) electrons. The Labute approximate surface area is 250 Å². The smallest absolute Gasteiger partial charge is 0.224 e. The van der Waals surface area contributed by atoms with E-state index in [1.807, 2.05) is 24.3 Å². The van der Waals surface area contributed by atoms with E-state index < -0.39 is 0 Å². The number of nitrogens with zero attached hydrogens (tertiary/aromatic N) is 2. The van der Waals surface area contributed by atoms with E-state index in [1.54, 1.807) is 14.2 Å². The summed E-state index contributed by atoms with van der Waals surface area (Å²) in [7, 11) is 3.20. The lowest BCUT2D eigenvalue weighted by Gasteiger charge is -2.19. The van der Waals surface area contributed by atoms with Gasteiger partial charge < -0.3 is 24.1 Å². The minimum atomic E-state index is 0.0105. The van der Waals surface area contributed by atoms with Crippen molar-refractivity contribution >= 4 is 16.9 Å². The van der Waals surface area contributed by atoms with Crippen molar-refractivity contribution in [1.82, 2.24) is 14.9 Å². The van der Waals surface area contributed by atoms with E-state index in [0.717, 1.165) is 61.3 Å². The van der Waals surface area contributed by atoms with Gasteiger partial charge in [-0.25, -0.2) is 4.98 Å². The Morgan fingerprint density at radius 2 is 1.64 bits per heavy atom. The van der Waals surface area contributed by atoms with E-state index in [1.165, 1.54) is 11.1 Å². The maximum atomic E-state index is 12.4. The van der Waals surface area contributed by atoms with Crippen LogP contribution in [0, 0.1) is 0 Å². The van der Waals surface area contributed by atoms with Crippen molar-refractivity contribution in [1.29, 1.82) is 0 Å². The SMILES string of the molecule is COc1ccc(CC(=O)NCCCCCc2nc3ccccc3n2CCCOc2ccc(C(C)(C)C)cc2)cc1OC. The van der Waals surface area contributed by atoms with Gasteiger partial charge in [0, 0.05) is 19.5 Å². The van der Waals surface area contributed by atoms with Crippen molar-refractivity contribution < 1.29 is 19.0 Å². The van der Waals surface area contributed by atoms with Crippen LogP contribution in [0.2, 0.25) is 0 Å². The Bertz CT molecular complexity index is 1440. The highest BCUT2D eigenvalue weighted by Gasteiger charge is 2.14. The molecule has 42 heavy (non-hydrogen) atoms. The number of methoxy groups -OCH3 is 2. The van der Waals surface area contributed by atoms with Gasteiger partial charge in [0.1, 0.15) is 11.6 Å². The van der Waals surface area contributed by atoms with E-state index in [4.69, 9.17) is 19.2 Å². The molecule has 0 unspecified atom stereocenters. The predicted molar refractivity (Wildman–Crippen MR) is 169 cm³/mol. The summed E-state index contributed by atoms with van der Waals surface area (Å²) >= 11 is 0. The number of aryl methyl sites for hydroxylation is 2. The summed E-state index contributed by atoms with van der Waals surface area (Å²) in [6, 6.07) is 22.3. The minimum Gasteiger partial charge on any atom is -0.494 e. The zero-order chi connectivity index (χ0) is 30.0. The lowest BCUT2D eigenvalue weighted by molar-refractivity contribution is -0.120. The third kappa shape index (κ3) is 8.51. The molecular weight excluding hydrogens is 526 g/mol. The molecule has 0 saturated heterocycles. The summed E-state index contributed by atoms with van der Waals surface area (Å²) in [5.74, 6) is 3.33. The highest BCUT2D eigenvalue weighted by atomic mass is 16.5. The number of fused-ring (bicyclic) bond motifs is 1. The van der Waals surface area contributed by atoms with E-state index >= 15 is 0 Å². The van der Waals surface area contributed by atoms with Crippen LogP contribution in [0.4, 0.5) is 0 Å². The molecule has 0 bridgehead atoms. The average molecular weight is 572 g/mol. The first-order valence-electron chi connectivity index (χ1n) is 14.9. The Morgan fingerprint density at radius 3 is 2.38 bits per heavy atom. The van der Waals surface area contributed by atoms with Crippen molar-refractivity contribution in [2.24, 2.45) is 0 Å². The molecule has 7 heteroatoms. The van der Waals surface area contributed by atoms with Crippen molar-refractivity contribution in [2.75, 3.05) is 27.4 Å². The number of unbranched alkanes of at least 4 members (excludes halogenated alkanes) is 2. The van der Waals surface area contributed by atoms with Crippen LogP contribution in [-0.4, -0.2) is 42.8 Å². The Hall–Kier alpha value is -4.00. The van der Waals surface area contributed by atoms with Crippen LogP contribution in [0.1, 0.15) is 63.4 Å². The molecule has 1 N–H and O–H groups in total. The monoisotopic (exact) mass is 571 g/mol. The molecule has 0 aliphatic heterocycles. The largest absolute Gasteiger partial charge is 0.494 e. The first-order valence-corrected chi connectivity index (χ1v) is 14.9. The quantitative estimate of drug-likeness (QED) is 0.157. The molecule has 4 rings (SSSR count). The second-order valence-electron chi connectivity index (χ2n) is 11.7. The highest BCUT2D eigenvalue weighted by molar-refractivity contribution is 5.78. The molecule has 1 heterocycles. The number of rotatable bonds is 15. The van der Waals surface area contributed by atoms with Gasteiger partial charge in [-0.3, -0.25) is 4.79 Å². The fourth-order valence-electron chi connectivity index (χ4n) is 5.08. The van der Waals surface area contributed by atoms with Gasteiger partial charge in [0.15, 0.2) is 11.5 Å². The van der Waals surface area contributed by atoms with E-state index in [9.17, 15) is 4.79 Å². The Morgan fingerprint density at radius 1 is 0.881 bits per heavy atom. The topological polar surface area (TPSA) is 74.6 Å². The van der Waals surface area contributed by atoms with Gasteiger partial charge in [-0.15, -0.1) is 0 Å². The fourth-order valence-corrected chi connectivity index (χ4v) is 5.08. The summed E-state index contributed by atoms with van der Waals surface area (Å²) in [5, 5.41) is 3.04. The second kappa shape index (κ2) is 14.8. The van der Waals surface area contributed by atoms with Crippen LogP contribution in [0.5, 0.6) is 17.2 Å². The maximum absolute atomic E-state index is 12.4. The number of hydrogen-bond donors (Lipinski definition) is 1. The zero-order valence-corrected chi connectivity index (χ0v) is 25.7. The molecule has 1 amide bonds. The normalized spacial score (nSPS) is 11.5. The lowest BCUT2D eigenvalue weighted by Crippen LogP contribution is -2.26. The highest BCUT2D eigenvalue weighted by Crippen LogP contribution is 2.28. The number of imidazole rings is 1. The molecule has 1 aromatic heterocycles.